The van der Waals surface area contributed by atoms with E-state index in [0.29, 0.717) is 12.1 Å². The molecule has 4 fully saturated rings. The Labute approximate surface area is 234 Å². The van der Waals surface area contributed by atoms with Crippen molar-refractivity contribution in [3.8, 4) is 0 Å². The number of amides is 1. The SMILES string of the molecule is CCCCCC12C=CC(Cl)CN1C(C(C(=O)NC1CNCCC1N1CCN3CCN(C)CC3C1)C(N)N)C2. The molecule has 6 N–H and O–H groups in total. The van der Waals surface area contributed by atoms with Crippen molar-refractivity contribution < 1.29 is 4.79 Å². The summed E-state index contributed by atoms with van der Waals surface area (Å²) < 4.78 is 0. The zero-order valence-electron chi connectivity index (χ0n) is 23.5. The van der Waals surface area contributed by atoms with E-state index in [2.05, 4.69) is 56.4 Å². The molecule has 0 saturated carbocycles. The molecule has 0 radical (unpaired) electrons. The first-order chi connectivity index (χ1) is 18.3. The van der Waals surface area contributed by atoms with Crippen molar-refractivity contribution in [2.45, 2.75) is 86.7 Å². The fourth-order valence-corrected chi connectivity index (χ4v) is 8.12. The number of hydrogen-bond donors (Lipinski definition) is 4. The summed E-state index contributed by atoms with van der Waals surface area (Å²) in [5, 5.41) is 6.93. The van der Waals surface area contributed by atoms with Gasteiger partial charge in [0, 0.05) is 76.0 Å². The molecule has 38 heavy (non-hydrogen) atoms. The van der Waals surface area contributed by atoms with Crippen LogP contribution in [0.1, 0.15) is 45.4 Å². The molecule has 0 aliphatic carbocycles. The minimum absolute atomic E-state index is 0.000405. The lowest BCUT2D eigenvalue weighted by Gasteiger charge is -2.62. The van der Waals surface area contributed by atoms with Crippen LogP contribution in [0.3, 0.4) is 0 Å². The third kappa shape index (κ3) is 5.96. The third-order valence-corrected chi connectivity index (χ3v) is 10.3. The average Bonchev–Trinajstić information content (AvgIpc) is 2.89. The number of fused-ring (bicyclic) bond motifs is 2. The summed E-state index contributed by atoms with van der Waals surface area (Å²) in [5.41, 5.74) is 12.7. The minimum Gasteiger partial charge on any atom is -0.350 e. The molecule has 216 valence electrons. The van der Waals surface area contributed by atoms with Crippen LogP contribution >= 0.6 is 11.6 Å². The van der Waals surface area contributed by atoms with Crippen molar-refractivity contribution >= 4 is 17.5 Å². The van der Waals surface area contributed by atoms with E-state index in [4.69, 9.17) is 23.1 Å². The number of piperazine rings is 2. The summed E-state index contributed by atoms with van der Waals surface area (Å²) in [6, 6.07) is 0.996. The molecule has 7 unspecified atom stereocenters. The van der Waals surface area contributed by atoms with Crippen LogP contribution in [0.4, 0.5) is 0 Å². The number of carbonyl (C=O) groups excluding carboxylic acids is 1. The van der Waals surface area contributed by atoms with Crippen LogP contribution in [0.5, 0.6) is 0 Å². The summed E-state index contributed by atoms with van der Waals surface area (Å²) in [6.07, 6.45) is 10.4. The second-order valence-electron chi connectivity index (χ2n) is 12.6. The molecule has 5 aliphatic heterocycles. The first kappa shape index (κ1) is 28.7. The number of likely N-dealkylation sites (N-methyl/N-ethyl adjacent to an activating group) is 1. The molecule has 4 saturated heterocycles. The van der Waals surface area contributed by atoms with Gasteiger partial charge in [0.15, 0.2) is 0 Å². The molecule has 0 aromatic heterocycles. The second kappa shape index (κ2) is 12.4. The van der Waals surface area contributed by atoms with Gasteiger partial charge in [0.1, 0.15) is 0 Å². The number of halogens is 1. The third-order valence-electron chi connectivity index (χ3n) is 10.0. The maximum atomic E-state index is 13.9. The number of piperidine rings is 1. The van der Waals surface area contributed by atoms with Crippen LogP contribution in [-0.2, 0) is 4.79 Å². The van der Waals surface area contributed by atoms with E-state index < -0.39 is 12.1 Å². The van der Waals surface area contributed by atoms with E-state index in [1.54, 1.807) is 0 Å². The predicted octanol–water partition coefficient (Wildman–Crippen LogP) is 0.195. The number of alkyl halides is 1. The Balaban J connectivity index is 1.25. The van der Waals surface area contributed by atoms with E-state index in [-0.39, 0.29) is 28.9 Å². The van der Waals surface area contributed by atoms with Crippen LogP contribution in [0.25, 0.3) is 0 Å². The smallest absolute Gasteiger partial charge is 0.227 e. The first-order valence-electron chi connectivity index (χ1n) is 15.1. The Morgan fingerprint density at radius 1 is 1.16 bits per heavy atom. The average molecular weight is 551 g/mol. The fraction of sp³-hybridized carbons (Fsp3) is 0.893. The number of carbonyl (C=O) groups is 1. The van der Waals surface area contributed by atoms with Crippen LogP contribution in [-0.4, -0.2) is 133 Å². The molecule has 5 aliphatic rings. The van der Waals surface area contributed by atoms with Crippen molar-refractivity contribution in [3.05, 3.63) is 12.2 Å². The minimum atomic E-state index is -0.704. The van der Waals surface area contributed by atoms with Gasteiger partial charge in [-0.05, 0) is 32.9 Å². The highest BCUT2D eigenvalue weighted by Gasteiger charge is 2.56. The van der Waals surface area contributed by atoms with Crippen LogP contribution in [0, 0.1) is 5.92 Å². The van der Waals surface area contributed by atoms with E-state index in [9.17, 15) is 4.79 Å². The topological polar surface area (TPSA) is 106 Å². The zero-order chi connectivity index (χ0) is 26.9. The number of hydrogen-bond acceptors (Lipinski definition) is 8. The Kier molecular flexibility index (Phi) is 9.37. The molecule has 0 bridgehead atoms. The molecule has 0 aromatic carbocycles. The number of nitrogens with two attached hydrogens (primary N) is 2. The highest BCUT2D eigenvalue weighted by atomic mass is 35.5. The Morgan fingerprint density at radius 2 is 1.95 bits per heavy atom. The molecule has 7 atom stereocenters. The van der Waals surface area contributed by atoms with Crippen molar-refractivity contribution in [1.29, 1.82) is 0 Å². The Morgan fingerprint density at radius 3 is 2.74 bits per heavy atom. The monoisotopic (exact) mass is 550 g/mol. The van der Waals surface area contributed by atoms with Gasteiger partial charge < -0.3 is 27.0 Å². The number of nitrogens with zero attached hydrogens (tertiary/aromatic N) is 4. The van der Waals surface area contributed by atoms with Gasteiger partial charge in [-0.2, -0.15) is 0 Å². The Hall–Kier alpha value is -0.780. The van der Waals surface area contributed by atoms with Crippen molar-refractivity contribution in [2.75, 3.05) is 66.0 Å². The maximum absolute atomic E-state index is 13.9. The zero-order valence-corrected chi connectivity index (χ0v) is 24.3. The van der Waals surface area contributed by atoms with Gasteiger partial charge in [-0.15, -0.1) is 11.6 Å². The lowest BCUT2D eigenvalue weighted by atomic mass is 9.68. The standard InChI is InChI=1S/C28H51ClN8O/c1-3-4-5-8-28-9-6-20(29)17-37(28)24(15-28)25(26(30)31)27(38)33-22-16-32-10-7-23(22)36-14-13-35-12-11-34(2)18-21(35)19-36/h6,9,20-26,32H,3-5,7-8,10-19,30-31H2,1-2H3,(H,33,38). The van der Waals surface area contributed by atoms with Gasteiger partial charge >= 0.3 is 0 Å². The molecule has 9 nitrogen and oxygen atoms in total. The van der Waals surface area contributed by atoms with E-state index in [1.165, 1.54) is 19.3 Å². The highest BCUT2D eigenvalue weighted by Crippen LogP contribution is 2.47. The largest absolute Gasteiger partial charge is 0.350 e. The molecular weight excluding hydrogens is 500 g/mol. The Bertz CT molecular complexity index is 844. The van der Waals surface area contributed by atoms with Crippen LogP contribution in [0.15, 0.2) is 12.2 Å². The normalized spacial score (nSPS) is 37.9. The lowest BCUT2D eigenvalue weighted by molar-refractivity contribution is -0.140. The summed E-state index contributed by atoms with van der Waals surface area (Å²) in [6.45, 7) is 11.4. The predicted molar refractivity (Wildman–Crippen MR) is 154 cm³/mol. The quantitative estimate of drug-likeness (QED) is 0.140. The van der Waals surface area contributed by atoms with Gasteiger partial charge in [-0.3, -0.25) is 19.5 Å². The molecular formula is C28H51ClN8O. The van der Waals surface area contributed by atoms with Crippen molar-refractivity contribution in [1.82, 2.24) is 30.2 Å². The first-order valence-corrected chi connectivity index (χ1v) is 15.5. The van der Waals surface area contributed by atoms with Gasteiger partial charge in [-0.25, -0.2) is 0 Å². The van der Waals surface area contributed by atoms with E-state index in [1.807, 2.05) is 0 Å². The van der Waals surface area contributed by atoms with Crippen molar-refractivity contribution in [3.63, 3.8) is 0 Å². The maximum Gasteiger partial charge on any atom is 0.227 e. The molecule has 0 spiro atoms. The number of unbranched alkanes of at least 4 members (excludes halogenated alkanes) is 2. The summed E-state index contributed by atoms with van der Waals surface area (Å²) in [7, 11) is 2.23. The molecule has 1 amide bonds. The van der Waals surface area contributed by atoms with Crippen LogP contribution in [0.2, 0.25) is 0 Å². The van der Waals surface area contributed by atoms with Gasteiger partial charge in [0.2, 0.25) is 5.91 Å². The number of nitrogens with one attached hydrogen (secondary N) is 2. The van der Waals surface area contributed by atoms with Crippen molar-refractivity contribution in [2.24, 2.45) is 17.4 Å². The molecule has 5 heterocycles. The number of rotatable bonds is 9. The molecule has 0 aromatic rings. The molecule has 10 heteroatoms. The highest BCUT2D eigenvalue weighted by molar-refractivity contribution is 6.22. The summed E-state index contributed by atoms with van der Waals surface area (Å²) >= 11 is 6.57. The molecule has 5 rings (SSSR count). The van der Waals surface area contributed by atoms with Crippen LogP contribution < -0.4 is 22.1 Å². The van der Waals surface area contributed by atoms with E-state index in [0.717, 1.165) is 78.2 Å². The second-order valence-corrected chi connectivity index (χ2v) is 13.1. The lowest BCUT2D eigenvalue weighted by Crippen LogP contribution is -2.74. The van der Waals surface area contributed by atoms with E-state index >= 15 is 0 Å². The summed E-state index contributed by atoms with van der Waals surface area (Å²) in [4.78, 5) is 24.1. The van der Waals surface area contributed by atoms with Gasteiger partial charge in [0.25, 0.3) is 0 Å². The van der Waals surface area contributed by atoms with Gasteiger partial charge in [-0.1, -0.05) is 38.3 Å². The summed E-state index contributed by atoms with van der Waals surface area (Å²) in [5.74, 6) is -0.446. The fourth-order valence-electron chi connectivity index (χ4n) is 7.90. The van der Waals surface area contributed by atoms with Gasteiger partial charge in [0.05, 0.1) is 23.5 Å².